The molecule has 30 heavy (non-hydrogen) atoms. The van der Waals surface area contributed by atoms with Gasteiger partial charge in [-0.3, -0.25) is 4.79 Å². The minimum Gasteiger partial charge on any atom is -0.478 e. The van der Waals surface area contributed by atoms with E-state index >= 15 is 0 Å². The first-order chi connectivity index (χ1) is 14.2. The summed E-state index contributed by atoms with van der Waals surface area (Å²) in [6.45, 7) is 3.37. The van der Waals surface area contributed by atoms with Gasteiger partial charge in [0.2, 0.25) is 5.88 Å². The molecule has 156 valence electrons. The van der Waals surface area contributed by atoms with Gasteiger partial charge < -0.3 is 15.2 Å². The molecule has 0 fully saturated rings. The number of carboxylic acids is 1. The summed E-state index contributed by atoms with van der Waals surface area (Å²) in [6, 6.07) is 8.75. The van der Waals surface area contributed by atoms with Crippen molar-refractivity contribution in [3.05, 3.63) is 76.5 Å². The van der Waals surface area contributed by atoms with Gasteiger partial charge in [0.15, 0.2) is 11.6 Å². The molecule has 3 rings (SSSR count). The second-order valence-corrected chi connectivity index (χ2v) is 6.69. The van der Waals surface area contributed by atoms with Crippen LogP contribution in [-0.4, -0.2) is 26.8 Å². The van der Waals surface area contributed by atoms with Crippen LogP contribution in [-0.2, 0) is 7.05 Å². The van der Waals surface area contributed by atoms with Gasteiger partial charge in [-0.1, -0.05) is 12.1 Å². The number of ether oxygens (including phenoxy) is 1. The van der Waals surface area contributed by atoms with Crippen LogP contribution in [0.15, 0.2) is 42.5 Å². The van der Waals surface area contributed by atoms with Gasteiger partial charge in [0.1, 0.15) is 11.3 Å². The first-order valence-corrected chi connectivity index (χ1v) is 8.98. The topological polar surface area (TPSA) is 93.5 Å². The molecule has 1 aromatic heterocycles. The lowest BCUT2D eigenvalue weighted by Gasteiger charge is -2.15. The summed E-state index contributed by atoms with van der Waals surface area (Å²) in [6.07, 6.45) is 0. The number of halogens is 2. The lowest BCUT2D eigenvalue weighted by atomic mass is 10.1. The summed E-state index contributed by atoms with van der Waals surface area (Å²) >= 11 is 0. The number of amides is 1. The summed E-state index contributed by atoms with van der Waals surface area (Å²) in [5.41, 5.74) is 1.39. The molecule has 0 aliphatic carbocycles. The van der Waals surface area contributed by atoms with Crippen LogP contribution in [0, 0.1) is 18.6 Å². The largest absolute Gasteiger partial charge is 0.478 e. The van der Waals surface area contributed by atoms with Crippen molar-refractivity contribution in [3.8, 4) is 11.6 Å². The van der Waals surface area contributed by atoms with Crippen molar-refractivity contribution < 1.29 is 28.2 Å². The van der Waals surface area contributed by atoms with Crippen LogP contribution in [0.25, 0.3) is 0 Å². The van der Waals surface area contributed by atoms with E-state index in [4.69, 9.17) is 9.84 Å². The molecule has 0 saturated carbocycles. The van der Waals surface area contributed by atoms with E-state index in [1.807, 2.05) is 0 Å². The number of aryl methyl sites for hydroxylation is 2. The minimum atomic E-state index is -1.07. The molecule has 3 aromatic rings. The summed E-state index contributed by atoms with van der Waals surface area (Å²) < 4.78 is 33.6. The molecule has 2 N–H and O–H groups in total. The third-order valence-electron chi connectivity index (χ3n) is 4.51. The van der Waals surface area contributed by atoms with Gasteiger partial charge in [0, 0.05) is 13.1 Å². The zero-order valence-corrected chi connectivity index (χ0v) is 16.4. The van der Waals surface area contributed by atoms with Crippen molar-refractivity contribution in [2.75, 3.05) is 0 Å². The van der Waals surface area contributed by atoms with E-state index in [-0.39, 0.29) is 22.8 Å². The number of carbonyl (C=O) groups excluding carboxylic acids is 1. The smallest absolute Gasteiger partial charge is 0.335 e. The van der Waals surface area contributed by atoms with Gasteiger partial charge in [-0.05, 0) is 43.7 Å². The number of hydrogen-bond donors (Lipinski definition) is 2. The Labute approximate surface area is 170 Å². The Bertz CT molecular complexity index is 1110. The monoisotopic (exact) mass is 415 g/mol. The van der Waals surface area contributed by atoms with Crippen molar-refractivity contribution in [1.29, 1.82) is 0 Å². The van der Waals surface area contributed by atoms with E-state index in [2.05, 4.69) is 10.4 Å². The highest BCUT2D eigenvalue weighted by atomic mass is 19.2. The molecule has 1 heterocycles. The Kier molecular flexibility index (Phi) is 5.81. The van der Waals surface area contributed by atoms with E-state index in [9.17, 15) is 18.4 Å². The maximum absolute atomic E-state index is 13.5. The molecular formula is C21H19F2N3O4. The van der Waals surface area contributed by atoms with Crippen LogP contribution >= 0.6 is 0 Å². The molecule has 9 heteroatoms. The molecule has 0 aliphatic rings. The summed E-state index contributed by atoms with van der Waals surface area (Å²) in [7, 11) is 1.56. The highest BCUT2D eigenvalue weighted by Crippen LogP contribution is 2.29. The fourth-order valence-corrected chi connectivity index (χ4v) is 2.93. The third-order valence-corrected chi connectivity index (χ3v) is 4.51. The number of benzene rings is 2. The Morgan fingerprint density at radius 1 is 1.13 bits per heavy atom. The van der Waals surface area contributed by atoms with Gasteiger partial charge in [0.05, 0.1) is 17.3 Å². The normalized spacial score (nSPS) is 11.8. The van der Waals surface area contributed by atoms with Crippen molar-refractivity contribution in [2.24, 2.45) is 7.05 Å². The Balaban J connectivity index is 1.83. The molecule has 1 atom stereocenters. The maximum Gasteiger partial charge on any atom is 0.335 e. The van der Waals surface area contributed by atoms with Crippen molar-refractivity contribution in [3.63, 3.8) is 0 Å². The number of nitrogens with one attached hydrogen (secondary N) is 1. The quantitative estimate of drug-likeness (QED) is 0.635. The van der Waals surface area contributed by atoms with Crippen molar-refractivity contribution >= 4 is 11.9 Å². The fraction of sp³-hybridized carbons (Fsp3) is 0.190. The molecule has 7 nitrogen and oxygen atoms in total. The molecule has 0 unspecified atom stereocenters. The van der Waals surface area contributed by atoms with E-state index in [0.717, 1.165) is 12.1 Å². The average Bonchev–Trinajstić information content (AvgIpc) is 2.97. The third kappa shape index (κ3) is 4.29. The number of rotatable bonds is 6. The van der Waals surface area contributed by atoms with Gasteiger partial charge in [0.25, 0.3) is 5.91 Å². The fourth-order valence-electron chi connectivity index (χ4n) is 2.93. The second kappa shape index (κ2) is 8.32. The Morgan fingerprint density at radius 3 is 2.40 bits per heavy atom. The number of carbonyl (C=O) groups is 2. The highest BCUT2D eigenvalue weighted by Gasteiger charge is 2.24. The summed E-state index contributed by atoms with van der Waals surface area (Å²) in [5.74, 6) is -3.51. The minimum absolute atomic E-state index is 0.0169. The molecular weight excluding hydrogens is 396 g/mol. The Hall–Kier alpha value is -3.75. The van der Waals surface area contributed by atoms with Crippen LogP contribution in [0.1, 0.15) is 44.9 Å². The predicted molar refractivity (Wildman–Crippen MR) is 104 cm³/mol. The molecule has 0 bridgehead atoms. The number of aromatic carboxylic acids is 1. The molecule has 0 aliphatic heterocycles. The van der Waals surface area contributed by atoms with E-state index in [1.165, 1.54) is 22.9 Å². The van der Waals surface area contributed by atoms with Gasteiger partial charge >= 0.3 is 5.97 Å². The number of aromatic nitrogens is 2. The lowest BCUT2D eigenvalue weighted by Crippen LogP contribution is -2.27. The van der Waals surface area contributed by atoms with Gasteiger partial charge in [-0.2, -0.15) is 5.10 Å². The molecule has 0 saturated heterocycles. The van der Waals surface area contributed by atoms with Crippen LogP contribution in [0.2, 0.25) is 0 Å². The predicted octanol–water partition coefficient (Wildman–Crippen LogP) is 3.99. The van der Waals surface area contributed by atoms with E-state index in [1.54, 1.807) is 33.0 Å². The first-order valence-electron chi connectivity index (χ1n) is 8.98. The summed E-state index contributed by atoms with van der Waals surface area (Å²) in [5, 5.41) is 16.0. The number of carboxylic acid groups (broad SMARTS) is 1. The molecule has 1 amide bonds. The zero-order chi connectivity index (χ0) is 22.0. The highest BCUT2D eigenvalue weighted by molar-refractivity contribution is 5.98. The van der Waals surface area contributed by atoms with Crippen molar-refractivity contribution in [1.82, 2.24) is 15.1 Å². The number of hydrogen-bond acceptors (Lipinski definition) is 4. The maximum atomic E-state index is 13.5. The van der Waals surface area contributed by atoms with Crippen LogP contribution in [0.4, 0.5) is 8.78 Å². The van der Waals surface area contributed by atoms with Crippen LogP contribution in [0.5, 0.6) is 11.6 Å². The van der Waals surface area contributed by atoms with E-state index in [0.29, 0.717) is 11.3 Å². The van der Waals surface area contributed by atoms with Crippen molar-refractivity contribution in [2.45, 2.75) is 19.9 Å². The Morgan fingerprint density at radius 2 is 1.80 bits per heavy atom. The first kappa shape index (κ1) is 21.0. The molecule has 0 radical (unpaired) electrons. The molecule has 2 aromatic carbocycles. The lowest BCUT2D eigenvalue weighted by molar-refractivity contribution is 0.0696. The van der Waals surface area contributed by atoms with E-state index < -0.39 is 29.6 Å². The summed E-state index contributed by atoms with van der Waals surface area (Å²) in [4.78, 5) is 23.9. The second-order valence-electron chi connectivity index (χ2n) is 6.69. The van der Waals surface area contributed by atoms with Crippen LogP contribution < -0.4 is 10.1 Å². The average molecular weight is 415 g/mol. The van der Waals surface area contributed by atoms with Crippen LogP contribution in [0.3, 0.4) is 0 Å². The van der Waals surface area contributed by atoms with Gasteiger partial charge in [-0.15, -0.1) is 0 Å². The SMILES string of the molecule is Cc1nn(C)c(Oc2ccc(F)c(F)c2)c1C(=O)N[C@@H](C)c1ccc(C(=O)O)cc1. The standard InChI is InChI=1S/C21H19F2N3O4/c1-11(13-4-6-14(7-5-13)21(28)29)24-19(27)18-12(2)25-26(3)20(18)30-15-8-9-16(22)17(23)10-15/h4-11H,1-3H3,(H,24,27)(H,28,29)/t11-/m0/s1. The molecule has 0 spiro atoms. The number of nitrogens with zero attached hydrogens (tertiary/aromatic N) is 2. The van der Waals surface area contributed by atoms with Gasteiger partial charge in [-0.25, -0.2) is 18.3 Å². The zero-order valence-electron chi connectivity index (χ0n) is 16.4.